The van der Waals surface area contributed by atoms with Crippen LogP contribution in [0.2, 0.25) is 0 Å². The number of aromatic nitrogens is 2. The summed E-state index contributed by atoms with van der Waals surface area (Å²) in [5.74, 6) is 1.32. The third kappa shape index (κ3) is 4.24. The lowest BCUT2D eigenvalue weighted by atomic mass is 10.0. The van der Waals surface area contributed by atoms with Crippen molar-refractivity contribution in [1.29, 1.82) is 0 Å². The standard InChI is InChI=1S/C22H20F3N3O/c1-29-20-5-3-2-4-16(20)13-28-11-10-19-17(14-28)12-26-21(27-19)15-6-8-18(9-7-15)22(23,24)25/h2-9,12H,10-11,13-14H2,1H3. The molecule has 0 spiro atoms. The summed E-state index contributed by atoms with van der Waals surface area (Å²) in [6, 6.07) is 12.9. The van der Waals surface area contributed by atoms with Gasteiger partial charge in [0.25, 0.3) is 0 Å². The molecule has 0 saturated heterocycles. The van der Waals surface area contributed by atoms with Crippen LogP contribution in [0.3, 0.4) is 0 Å². The fourth-order valence-electron chi connectivity index (χ4n) is 3.53. The van der Waals surface area contributed by atoms with E-state index in [9.17, 15) is 13.2 Å². The number of methoxy groups -OCH3 is 1. The quantitative estimate of drug-likeness (QED) is 0.636. The molecule has 1 aliphatic heterocycles. The number of fused-ring (bicyclic) bond motifs is 1. The minimum Gasteiger partial charge on any atom is -0.496 e. The van der Waals surface area contributed by atoms with Crippen molar-refractivity contribution in [3.63, 3.8) is 0 Å². The number of para-hydroxylation sites is 1. The normalized spacial score (nSPS) is 14.5. The maximum absolute atomic E-state index is 12.7. The Balaban J connectivity index is 1.50. The van der Waals surface area contributed by atoms with Gasteiger partial charge in [-0.3, -0.25) is 4.90 Å². The Kier molecular flexibility index (Phi) is 5.24. The molecule has 150 valence electrons. The molecule has 4 nitrogen and oxygen atoms in total. The van der Waals surface area contributed by atoms with Gasteiger partial charge in [-0.15, -0.1) is 0 Å². The van der Waals surface area contributed by atoms with E-state index in [1.165, 1.54) is 12.1 Å². The fraction of sp³-hybridized carbons (Fsp3) is 0.273. The highest BCUT2D eigenvalue weighted by atomic mass is 19.4. The van der Waals surface area contributed by atoms with E-state index < -0.39 is 11.7 Å². The summed E-state index contributed by atoms with van der Waals surface area (Å²) in [6.07, 6.45) is -1.80. The lowest BCUT2D eigenvalue weighted by Crippen LogP contribution is -2.31. The summed E-state index contributed by atoms with van der Waals surface area (Å²) in [6.45, 7) is 2.33. The van der Waals surface area contributed by atoms with Crippen LogP contribution >= 0.6 is 0 Å². The van der Waals surface area contributed by atoms with E-state index >= 15 is 0 Å². The average molecular weight is 399 g/mol. The third-order valence-corrected chi connectivity index (χ3v) is 5.07. The monoisotopic (exact) mass is 399 g/mol. The number of benzene rings is 2. The van der Waals surface area contributed by atoms with Gasteiger partial charge in [-0.1, -0.05) is 30.3 Å². The first kappa shape index (κ1) is 19.4. The summed E-state index contributed by atoms with van der Waals surface area (Å²) in [5, 5.41) is 0. The fourth-order valence-corrected chi connectivity index (χ4v) is 3.53. The lowest BCUT2D eigenvalue weighted by Gasteiger charge is -2.28. The van der Waals surface area contributed by atoms with Gasteiger partial charge in [0.2, 0.25) is 0 Å². The minimum absolute atomic E-state index is 0.454. The maximum Gasteiger partial charge on any atom is 0.416 e. The second kappa shape index (κ2) is 7.83. The van der Waals surface area contributed by atoms with Crippen molar-refractivity contribution in [3.8, 4) is 17.1 Å². The molecule has 3 aromatic rings. The minimum atomic E-state index is -4.35. The Morgan fingerprint density at radius 1 is 1.07 bits per heavy atom. The van der Waals surface area contributed by atoms with Crippen molar-refractivity contribution in [1.82, 2.24) is 14.9 Å². The number of hydrogen-bond donors (Lipinski definition) is 0. The first-order chi connectivity index (χ1) is 13.9. The third-order valence-electron chi connectivity index (χ3n) is 5.07. The second-order valence-corrected chi connectivity index (χ2v) is 7.01. The molecule has 2 heterocycles. The molecule has 0 fully saturated rings. The molecule has 0 bridgehead atoms. The summed E-state index contributed by atoms with van der Waals surface area (Å²) < 4.78 is 43.7. The van der Waals surface area contributed by atoms with Crippen LogP contribution in [0.1, 0.15) is 22.4 Å². The molecule has 0 saturated carbocycles. The van der Waals surface area contributed by atoms with E-state index in [0.717, 1.165) is 60.8 Å². The Hall–Kier alpha value is -2.93. The molecular formula is C22H20F3N3O. The van der Waals surface area contributed by atoms with Gasteiger partial charge in [-0.25, -0.2) is 9.97 Å². The van der Waals surface area contributed by atoms with E-state index in [0.29, 0.717) is 11.4 Å². The van der Waals surface area contributed by atoms with Crippen molar-refractivity contribution < 1.29 is 17.9 Å². The largest absolute Gasteiger partial charge is 0.496 e. The SMILES string of the molecule is COc1ccccc1CN1CCc2nc(-c3ccc(C(F)(F)F)cc3)ncc2C1. The van der Waals surface area contributed by atoms with Crippen LogP contribution in [-0.4, -0.2) is 28.5 Å². The van der Waals surface area contributed by atoms with E-state index in [-0.39, 0.29) is 0 Å². The first-order valence-electron chi connectivity index (χ1n) is 9.31. The molecule has 29 heavy (non-hydrogen) atoms. The van der Waals surface area contributed by atoms with E-state index in [1.807, 2.05) is 18.2 Å². The number of rotatable bonds is 4. The molecular weight excluding hydrogens is 379 g/mol. The van der Waals surface area contributed by atoms with Crippen LogP contribution < -0.4 is 4.74 Å². The van der Waals surface area contributed by atoms with Gasteiger partial charge in [-0.05, 0) is 18.2 Å². The van der Waals surface area contributed by atoms with Gasteiger partial charge in [0.1, 0.15) is 5.75 Å². The predicted molar refractivity (Wildman–Crippen MR) is 103 cm³/mol. The zero-order valence-corrected chi connectivity index (χ0v) is 15.9. The van der Waals surface area contributed by atoms with Crippen LogP contribution in [-0.2, 0) is 25.7 Å². The Morgan fingerprint density at radius 3 is 2.55 bits per heavy atom. The molecule has 0 radical (unpaired) electrons. The van der Waals surface area contributed by atoms with Gasteiger partial charge in [0.15, 0.2) is 5.82 Å². The summed E-state index contributed by atoms with van der Waals surface area (Å²) in [5.41, 5.74) is 3.03. The van der Waals surface area contributed by atoms with Gasteiger partial charge in [0.05, 0.1) is 18.4 Å². The van der Waals surface area contributed by atoms with E-state index in [1.54, 1.807) is 13.3 Å². The highest BCUT2D eigenvalue weighted by Crippen LogP contribution is 2.31. The lowest BCUT2D eigenvalue weighted by molar-refractivity contribution is -0.137. The predicted octanol–water partition coefficient (Wildman–Crippen LogP) is 4.73. The molecule has 0 unspecified atom stereocenters. The zero-order chi connectivity index (χ0) is 20.4. The number of halogens is 3. The summed E-state index contributed by atoms with van der Waals surface area (Å²) >= 11 is 0. The second-order valence-electron chi connectivity index (χ2n) is 7.01. The molecule has 2 aromatic carbocycles. The van der Waals surface area contributed by atoms with Crippen molar-refractivity contribution in [2.24, 2.45) is 0 Å². The topological polar surface area (TPSA) is 38.2 Å². The Bertz CT molecular complexity index is 1000. The molecule has 7 heteroatoms. The van der Waals surface area contributed by atoms with Gasteiger partial charge < -0.3 is 4.74 Å². The summed E-state index contributed by atoms with van der Waals surface area (Å²) in [4.78, 5) is 11.3. The van der Waals surface area contributed by atoms with E-state index in [4.69, 9.17) is 4.74 Å². The first-order valence-corrected chi connectivity index (χ1v) is 9.31. The number of ether oxygens (including phenoxy) is 1. The number of nitrogens with zero attached hydrogens (tertiary/aromatic N) is 3. The molecule has 0 N–H and O–H groups in total. The maximum atomic E-state index is 12.7. The van der Waals surface area contributed by atoms with Crippen LogP contribution in [0.15, 0.2) is 54.7 Å². The van der Waals surface area contributed by atoms with E-state index in [2.05, 4.69) is 20.9 Å². The smallest absolute Gasteiger partial charge is 0.416 e. The van der Waals surface area contributed by atoms with Crippen LogP contribution in [0.4, 0.5) is 13.2 Å². The Labute approximate surface area is 167 Å². The average Bonchev–Trinajstić information content (AvgIpc) is 2.73. The number of alkyl halides is 3. The molecule has 0 amide bonds. The molecule has 1 aromatic heterocycles. The number of hydrogen-bond acceptors (Lipinski definition) is 4. The molecule has 1 aliphatic rings. The van der Waals surface area contributed by atoms with Gasteiger partial charge >= 0.3 is 6.18 Å². The van der Waals surface area contributed by atoms with Gasteiger partial charge in [0, 0.05) is 48.9 Å². The van der Waals surface area contributed by atoms with Crippen LogP contribution in [0.5, 0.6) is 5.75 Å². The van der Waals surface area contributed by atoms with Crippen LogP contribution in [0.25, 0.3) is 11.4 Å². The zero-order valence-electron chi connectivity index (χ0n) is 15.9. The van der Waals surface area contributed by atoms with Crippen molar-refractivity contribution >= 4 is 0 Å². The van der Waals surface area contributed by atoms with Gasteiger partial charge in [-0.2, -0.15) is 13.2 Å². The highest BCUT2D eigenvalue weighted by molar-refractivity contribution is 5.56. The summed E-state index contributed by atoms with van der Waals surface area (Å²) in [7, 11) is 1.67. The molecule has 0 atom stereocenters. The molecule has 4 rings (SSSR count). The molecule has 0 aliphatic carbocycles. The van der Waals surface area contributed by atoms with Crippen molar-refractivity contribution in [3.05, 3.63) is 77.1 Å². The van der Waals surface area contributed by atoms with Crippen molar-refractivity contribution in [2.75, 3.05) is 13.7 Å². The van der Waals surface area contributed by atoms with Crippen molar-refractivity contribution in [2.45, 2.75) is 25.7 Å². The highest BCUT2D eigenvalue weighted by Gasteiger charge is 2.30. The van der Waals surface area contributed by atoms with Crippen LogP contribution in [0, 0.1) is 0 Å². The Morgan fingerprint density at radius 2 is 1.83 bits per heavy atom.